The molecule has 78 valence electrons. The third kappa shape index (κ3) is 3.38. The van der Waals surface area contributed by atoms with Gasteiger partial charge in [-0.25, -0.2) is 0 Å². The minimum absolute atomic E-state index is 0.569. The first kappa shape index (κ1) is 11.1. The molecule has 0 aliphatic carbocycles. The molecule has 2 nitrogen and oxygen atoms in total. The molecule has 0 saturated heterocycles. The Morgan fingerprint density at radius 3 is 2.71 bits per heavy atom. The number of hydrogen-bond acceptors (Lipinski definition) is 2. The second kappa shape index (κ2) is 5.66. The Bertz CT molecular complexity index is 271. The maximum atomic E-state index is 5.84. The third-order valence-electron chi connectivity index (χ3n) is 2.42. The molecule has 14 heavy (non-hydrogen) atoms. The lowest BCUT2D eigenvalue weighted by Crippen LogP contribution is -2.25. The summed E-state index contributed by atoms with van der Waals surface area (Å²) in [5.41, 5.74) is 7.91. The summed E-state index contributed by atoms with van der Waals surface area (Å²) < 4.78 is 0. The van der Waals surface area contributed by atoms with Gasteiger partial charge in [0.05, 0.1) is 0 Å². The SMILES string of the molecule is CCCC(C)NCc1ccccc1N. The van der Waals surface area contributed by atoms with Crippen molar-refractivity contribution < 1.29 is 0 Å². The van der Waals surface area contributed by atoms with Gasteiger partial charge in [0.15, 0.2) is 0 Å². The maximum absolute atomic E-state index is 5.84. The summed E-state index contributed by atoms with van der Waals surface area (Å²) in [5, 5.41) is 3.46. The monoisotopic (exact) mass is 192 g/mol. The van der Waals surface area contributed by atoms with Crippen LogP contribution >= 0.6 is 0 Å². The quantitative estimate of drug-likeness (QED) is 0.704. The lowest BCUT2D eigenvalue weighted by atomic mass is 10.1. The number of para-hydroxylation sites is 1. The van der Waals surface area contributed by atoms with Crippen molar-refractivity contribution in [2.24, 2.45) is 0 Å². The van der Waals surface area contributed by atoms with Crippen molar-refractivity contribution in [3.05, 3.63) is 29.8 Å². The van der Waals surface area contributed by atoms with Crippen molar-refractivity contribution in [3.8, 4) is 0 Å². The van der Waals surface area contributed by atoms with Crippen molar-refractivity contribution in [2.75, 3.05) is 5.73 Å². The van der Waals surface area contributed by atoms with E-state index in [1.54, 1.807) is 0 Å². The maximum Gasteiger partial charge on any atom is 0.0359 e. The van der Waals surface area contributed by atoms with E-state index in [0.717, 1.165) is 12.2 Å². The van der Waals surface area contributed by atoms with E-state index in [9.17, 15) is 0 Å². The molecule has 0 amide bonds. The van der Waals surface area contributed by atoms with Crippen molar-refractivity contribution in [1.82, 2.24) is 5.32 Å². The average Bonchev–Trinajstić information content (AvgIpc) is 2.17. The van der Waals surface area contributed by atoms with Gasteiger partial charge in [0.2, 0.25) is 0 Å². The number of nitrogens with one attached hydrogen (secondary N) is 1. The zero-order chi connectivity index (χ0) is 10.4. The summed E-state index contributed by atoms with van der Waals surface area (Å²) in [6, 6.07) is 8.58. The van der Waals surface area contributed by atoms with Crippen LogP contribution in [-0.2, 0) is 6.54 Å². The Hall–Kier alpha value is -1.02. The molecular weight excluding hydrogens is 172 g/mol. The summed E-state index contributed by atoms with van der Waals surface area (Å²) in [4.78, 5) is 0. The molecule has 3 N–H and O–H groups in total. The standard InChI is InChI=1S/C12H20N2/c1-3-6-10(2)14-9-11-7-4-5-8-12(11)13/h4-5,7-8,10,14H,3,6,9,13H2,1-2H3. The highest BCUT2D eigenvalue weighted by Gasteiger charge is 2.01. The van der Waals surface area contributed by atoms with Crippen LogP contribution in [0.1, 0.15) is 32.3 Å². The van der Waals surface area contributed by atoms with Gasteiger partial charge in [0.1, 0.15) is 0 Å². The second-order valence-electron chi connectivity index (χ2n) is 3.77. The Morgan fingerprint density at radius 1 is 1.36 bits per heavy atom. The van der Waals surface area contributed by atoms with Gasteiger partial charge < -0.3 is 11.1 Å². The summed E-state index contributed by atoms with van der Waals surface area (Å²) >= 11 is 0. The van der Waals surface area contributed by atoms with Gasteiger partial charge in [-0.05, 0) is 25.0 Å². The predicted molar refractivity (Wildman–Crippen MR) is 62.1 cm³/mol. The smallest absolute Gasteiger partial charge is 0.0359 e. The second-order valence-corrected chi connectivity index (χ2v) is 3.77. The largest absolute Gasteiger partial charge is 0.398 e. The molecule has 0 spiro atoms. The number of nitrogen functional groups attached to an aromatic ring is 1. The van der Waals surface area contributed by atoms with Crippen LogP contribution < -0.4 is 11.1 Å². The zero-order valence-electron chi connectivity index (χ0n) is 9.09. The van der Waals surface area contributed by atoms with E-state index >= 15 is 0 Å². The Kier molecular flexibility index (Phi) is 4.47. The average molecular weight is 192 g/mol. The van der Waals surface area contributed by atoms with E-state index in [-0.39, 0.29) is 0 Å². The molecule has 1 aromatic carbocycles. The fourth-order valence-electron chi connectivity index (χ4n) is 1.51. The summed E-state index contributed by atoms with van der Waals surface area (Å²) in [6.07, 6.45) is 2.44. The number of nitrogens with two attached hydrogens (primary N) is 1. The molecule has 0 aromatic heterocycles. The lowest BCUT2D eigenvalue weighted by molar-refractivity contribution is 0.509. The molecular formula is C12H20N2. The number of hydrogen-bond donors (Lipinski definition) is 2. The summed E-state index contributed by atoms with van der Waals surface area (Å²) in [7, 11) is 0. The van der Waals surface area contributed by atoms with E-state index in [1.165, 1.54) is 18.4 Å². The van der Waals surface area contributed by atoms with Crippen molar-refractivity contribution in [1.29, 1.82) is 0 Å². The van der Waals surface area contributed by atoms with Crippen LogP contribution in [0.4, 0.5) is 5.69 Å². The number of rotatable bonds is 5. The number of benzene rings is 1. The van der Waals surface area contributed by atoms with Gasteiger partial charge in [-0.1, -0.05) is 31.5 Å². The van der Waals surface area contributed by atoms with Crippen LogP contribution in [-0.4, -0.2) is 6.04 Å². The van der Waals surface area contributed by atoms with Crippen LogP contribution in [0.2, 0.25) is 0 Å². The molecule has 1 rings (SSSR count). The first-order chi connectivity index (χ1) is 6.74. The van der Waals surface area contributed by atoms with Gasteiger partial charge in [-0.3, -0.25) is 0 Å². The molecule has 1 unspecified atom stereocenters. The zero-order valence-corrected chi connectivity index (χ0v) is 9.09. The van der Waals surface area contributed by atoms with Gasteiger partial charge in [0.25, 0.3) is 0 Å². The molecule has 1 aromatic rings. The summed E-state index contributed by atoms with van der Waals surface area (Å²) in [6.45, 7) is 5.28. The van der Waals surface area contributed by atoms with Gasteiger partial charge >= 0.3 is 0 Å². The molecule has 1 atom stereocenters. The van der Waals surface area contributed by atoms with E-state index in [1.807, 2.05) is 18.2 Å². The van der Waals surface area contributed by atoms with E-state index in [4.69, 9.17) is 5.73 Å². The predicted octanol–water partition coefficient (Wildman–Crippen LogP) is 2.55. The van der Waals surface area contributed by atoms with E-state index in [2.05, 4.69) is 25.2 Å². The lowest BCUT2D eigenvalue weighted by Gasteiger charge is -2.13. The van der Waals surface area contributed by atoms with Crippen LogP contribution in [0.5, 0.6) is 0 Å². The molecule has 0 saturated carbocycles. The van der Waals surface area contributed by atoms with Crippen LogP contribution in [0.15, 0.2) is 24.3 Å². The minimum atomic E-state index is 0.569. The molecule has 0 bridgehead atoms. The number of anilines is 1. The van der Waals surface area contributed by atoms with E-state index in [0.29, 0.717) is 6.04 Å². The summed E-state index contributed by atoms with van der Waals surface area (Å²) in [5.74, 6) is 0. The first-order valence-corrected chi connectivity index (χ1v) is 5.30. The molecule has 0 aliphatic rings. The minimum Gasteiger partial charge on any atom is -0.398 e. The third-order valence-corrected chi connectivity index (χ3v) is 2.42. The van der Waals surface area contributed by atoms with Crippen molar-refractivity contribution >= 4 is 5.69 Å². The molecule has 0 heterocycles. The van der Waals surface area contributed by atoms with Crippen LogP contribution in [0, 0.1) is 0 Å². The molecule has 0 radical (unpaired) electrons. The van der Waals surface area contributed by atoms with Crippen molar-refractivity contribution in [3.63, 3.8) is 0 Å². The fraction of sp³-hybridized carbons (Fsp3) is 0.500. The molecule has 0 aliphatic heterocycles. The van der Waals surface area contributed by atoms with E-state index < -0.39 is 0 Å². The highest BCUT2D eigenvalue weighted by Crippen LogP contribution is 2.10. The fourth-order valence-corrected chi connectivity index (χ4v) is 1.51. The Balaban J connectivity index is 2.41. The molecule has 2 heteroatoms. The molecule has 0 fully saturated rings. The van der Waals surface area contributed by atoms with Crippen LogP contribution in [0.3, 0.4) is 0 Å². The normalized spacial score (nSPS) is 12.7. The highest BCUT2D eigenvalue weighted by molar-refractivity contribution is 5.46. The van der Waals surface area contributed by atoms with Crippen LogP contribution in [0.25, 0.3) is 0 Å². The van der Waals surface area contributed by atoms with Crippen molar-refractivity contribution in [2.45, 2.75) is 39.3 Å². The highest BCUT2D eigenvalue weighted by atomic mass is 14.9. The van der Waals surface area contributed by atoms with Gasteiger partial charge in [0, 0.05) is 18.3 Å². The van der Waals surface area contributed by atoms with Gasteiger partial charge in [-0.15, -0.1) is 0 Å². The topological polar surface area (TPSA) is 38.0 Å². The van der Waals surface area contributed by atoms with Gasteiger partial charge in [-0.2, -0.15) is 0 Å². The Labute approximate surface area is 86.5 Å². The first-order valence-electron chi connectivity index (χ1n) is 5.30. The Morgan fingerprint density at radius 2 is 2.07 bits per heavy atom.